The maximum Gasteiger partial charge on any atom is 0.275 e. The standard InChI is InChI=1S/C11H19N5O/c1-15(7-9-3-5-12-6-4-9)11(17)10-8-16(2)14-13-10/h8-9,12H,3-7H2,1-2H3. The number of nitrogens with zero attached hydrogens (tertiary/aromatic N) is 4. The van der Waals surface area contributed by atoms with Crippen LogP contribution in [0.25, 0.3) is 0 Å². The number of hydrogen-bond donors (Lipinski definition) is 1. The fourth-order valence-corrected chi connectivity index (χ4v) is 2.18. The molecule has 0 radical (unpaired) electrons. The zero-order valence-corrected chi connectivity index (χ0v) is 10.4. The van der Waals surface area contributed by atoms with Gasteiger partial charge in [-0.2, -0.15) is 0 Å². The molecule has 0 bridgehead atoms. The van der Waals surface area contributed by atoms with Gasteiger partial charge < -0.3 is 10.2 Å². The lowest BCUT2D eigenvalue weighted by Crippen LogP contribution is -2.37. The first-order valence-corrected chi connectivity index (χ1v) is 5.99. The number of rotatable bonds is 3. The predicted molar refractivity (Wildman–Crippen MR) is 63.6 cm³/mol. The summed E-state index contributed by atoms with van der Waals surface area (Å²) < 4.78 is 1.55. The van der Waals surface area contributed by atoms with Crippen molar-refractivity contribution in [1.82, 2.24) is 25.2 Å². The summed E-state index contributed by atoms with van der Waals surface area (Å²) in [4.78, 5) is 13.8. The molecule has 1 N–H and O–H groups in total. The van der Waals surface area contributed by atoms with E-state index in [1.54, 1.807) is 22.8 Å². The molecule has 0 aromatic carbocycles. The molecule has 0 saturated carbocycles. The Balaban J connectivity index is 1.90. The van der Waals surface area contributed by atoms with Crippen molar-refractivity contribution in [3.63, 3.8) is 0 Å². The van der Waals surface area contributed by atoms with Gasteiger partial charge in [-0.05, 0) is 31.8 Å². The maximum absolute atomic E-state index is 12.0. The van der Waals surface area contributed by atoms with E-state index in [1.165, 1.54) is 0 Å². The van der Waals surface area contributed by atoms with Crippen LogP contribution in [0, 0.1) is 5.92 Å². The van der Waals surface area contributed by atoms with Crippen LogP contribution >= 0.6 is 0 Å². The molecule has 1 amide bonds. The molecule has 1 aromatic rings. The molecule has 1 aliphatic rings. The highest BCUT2D eigenvalue weighted by atomic mass is 16.2. The summed E-state index contributed by atoms with van der Waals surface area (Å²) in [6, 6.07) is 0. The van der Waals surface area contributed by atoms with Crippen molar-refractivity contribution in [1.29, 1.82) is 0 Å². The molecule has 2 rings (SSSR count). The van der Waals surface area contributed by atoms with E-state index in [4.69, 9.17) is 0 Å². The second-order valence-electron chi connectivity index (χ2n) is 4.66. The fourth-order valence-electron chi connectivity index (χ4n) is 2.18. The average molecular weight is 237 g/mol. The molecule has 1 aliphatic heterocycles. The van der Waals surface area contributed by atoms with Crippen LogP contribution < -0.4 is 5.32 Å². The summed E-state index contributed by atoms with van der Waals surface area (Å²) in [5.74, 6) is 0.554. The lowest BCUT2D eigenvalue weighted by Gasteiger charge is -2.27. The van der Waals surface area contributed by atoms with Gasteiger partial charge in [-0.25, -0.2) is 0 Å². The van der Waals surface area contributed by atoms with Crippen LogP contribution in [0.15, 0.2) is 6.20 Å². The number of amides is 1. The normalized spacial score (nSPS) is 17.1. The number of carbonyl (C=O) groups excluding carboxylic acids is 1. The smallest absolute Gasteiger partial charge is 0.275 e. The molecule has 1 saturated heterocycles. The Kier molecular flexibility index (Phi) is 3.73. The second-order valence-corrected chi connectivity index (χ2v) is 4.66. The molecule has 0 aliphatic carbocycles. The summed E-state index contributed by atoms with van der Waals surface area (Å²) in [6.45, 7) is 2.91. The molecule has 1 aromatic heterocycles. The Labute approximate surface area is 101 Å². The number of hydrogen-bond acceptors (Lipinski definition) is 4. The van der Waals surface area contributed by atoms with E-state index in [0.717, 1.165) is 32.5 Å². The van der Waals surface area contributed by atoms with Crippen molar-refractivity contribution >= 4 is 5.91 Å². The first-order chi connectivity index (χ1) is 8.16. The number of piperidine rings is 1. The van der Waals surface area contributed by atoms with Crippen molar-refractivity contribution in [3.8, 4) is 0 Å². The Hall–Kier alpha value is -1.43. The van der Waals surface area contributed by atoms with Crippen molar-refractivity contribution in [2.45, 2.75) is 12.8 Å². The summed E-state index contributed by atoms with van der Waals surface area (Å²) in [5, 5.41) is 10.9. The molecule has 6 nitrogen and oxygen atoms in total. The molecule has 6 heteroatoms. The lowest BCUT2D eigenvalue weighted by molar-refractivity contribution is 0.0757. The van der Waals surface area contributed by atoms with Gasteiger partial charge >= 0.3 is 0 Å². The van der Waals surface area contributed by atoms with Crippen LogP contribution in [0.1, 0.15) is 23.3 Å². The molecule has 1 fully saturated rings. The third kappa shape index (κ3) is 3.03. The molecule has 2 heterocycles. The molecular weight excluding hydrogens is 218 g/mol. The van der Waals surface area contributed by atoms with Crippen molar-refractivity contribution < 1.29 is 4.79 Å². The summed E-state index contributed by atoms with van der Waals surface area (Å²) in [5.41, 5.74) is 0.420. The molecule has 17 heavy (non-hydrogen) atoms. The Morgan fingerprint density at radius 1 is 1.59 bits per heavy atom. The SMILES string of the molecule is CN(CC1CCNCC1)C(=O)c1cn(C)nn1. The topological polar surface area (TPSA) is 63.1 Å². The largest absolute Gasteiger partial charge is 0.340 e. The number of aromatic nitrogens is 3. The molecular formula is C11H19N5O. The lowest BCUT2D eigenvalue weighted by atomic mass is 9.97. The van der Waals surface area contributed by atoms with Gasteiger partial charge in [0.1, 0.15) is 0 Å². The van der Waals surface area contributed by atoms with E-state index >= 15 is 0 Å². The molecule has 0 atom stereocenters. The average Bonchev–Trinajstić information content (AvgIpc) is 2.76. The van der Waals surface area contributed by atoms with Crippen molar-refractivity contribution in [2.24, 2.45) is 13.0 Å². The molecule has 0 unspecified atom stereocenters. The minimum atomic E-state index is -0.0448. The first-order valence-electron chi connectivity index (χ1n) is 5.99. The van der Waals surface area contributed by atoms with Gasteiger partial charge in [-0.3, -0.25) is 9.48 Å². The number of nitrogens with one attached hydrogen (secondary N) is 1. The highest BCUT2D eigenvalue weighted by molar-refractivity contribution is 5.91. The third-order valence-electron chi connectivity index (χ3n) is 3.16. The minimum absolute atomic E-state index is 0.0448. The summed E-state index contributed by atoms with van der Waals surface area (Å²) in [7, 11) is 3.59. The molecule has 0 spiro atoms. The van der Waals surface area contributed by atoms with Gasteiger partial charge in [0, 0.05) is 20.6 Å². The highest BCUT2D eigenvalue weighted by Gasteiger charge is 2.20. The van der Waals surface area contributed by atoms with Crippen LogP contribution in [0.5, 0.6) is 0 Å². The van der Waals surface area contributed by atoms with Gasteiger partial charge in [-0.1, -0.05) is 5.21 Å². The van der Waals surface area contributed by atoms with Crippen LogP contribution in [-0.2, 0) is 7.05 Å². The minimum Gasteiger partial charge on any atom is -0.340 e. The predicted octanol–water partition coefficient (Wildman–Crippen LogP) is -0.113. The van der Waals surface area contributed by atoms with E-state index in [0.29, 0.717) is 11.6 Å². The van der Waals surface area contributed by atoms with Crippen LogP contribution in [0.2, 0.25) is 0 Å². The first kappa shape index (κ1) is 12.0. The molecule has 94 valence electrons. The van der Waals surface area contributed by atoms with Crippen molar-refractivity contribution in [2.75, 3.05) is 26.7 Å². The fraction of sp³-hybridized carbons (Fsp3) is 0.727. The zero-order valence-electron chi connectivity index (χ0n) is 10.4. The Morgan fingerprint density at radius 2 is 2.29 bits per heavy atom. The van der Waals surface area contributed by atoms with E-state index in [-0.39, 0.29) is 5.91 Å². The van der Waals surface area contributed by atoms with Gasteiger partial charge in [0.2, 0.25) is 0 Å². The highest BCUT2D eigenvalue weighted by Crippen LogP contribution is 2.13. The maximum atomic E-state index is 12.0. The zero-order chi connectivity index (χ0) is 12.3. The van der Waals surface area contributed by atoms with Crippen molar-refractivity contribution in [3.05, 3.63) is 11.9 Å². The summed E-state index contributed by atoms with van der Waals surface area (Å²) in [6.07, 6.45) is 3.93. The van der Waals surface area contributed by atoms with Gasteiger partial charge in [0.25, 0.3) is 5.91 Å². The van der Waals surface area contributed by atoms with E-state index < -0.39 is 0 Å². The van der Waals surface area contributed by atoms with Crippen LogP contribution in [0.3, 0.4) is 0 Å². The Morgan fingerprint density at radius 3 is 2.88 bits per heavy atom. The van der Waals surface area contributed by atoms with E-state index in [1.807, 2.05) is 7.05 Å². The quantitative estimate of drug-likeness (QED) is 0.796. The third-order valence-corrected chi connectivity index (χ3v) is 3.16. The monoisotopic (exact) mass is 237 g/mol. The van der Waals surface area contributed by atoms with E-state index in [9.17, 15) is 4.79 Å². The second kappa shape index (κ2) is 5.27. The van der Waals surface area contributed by atoms with Gasteiger partial charge in [0.15, 0.2) is 5.69 Å². The van der Waals surface area contributed by atoms with E-state index in [2.05, 4.69) is 15.6 Å². The van der Waals surface area contributed by atoms with Crippen LogP contribution in [-0.4, -0.2) is 52.5 Å². The Bertz CT molecular complexity index is 383. The number of aryl methyl sites for hydroxylation is 1. The van der Waals surface area contributed by atoms with Gasteiger partial charge in [0.05, 0.1) is 6.20 Å². The van der Waals surface area contributed by atoms with Crippen LogP contribution in [0.4, 0.5) is 0 Å². The van der Waals surface area contributed by atoms with Gasteiger partial charge in [-0.15, -0.1) is 5.10 Å². The summed E-state index contributed by atoms with van der Waals surface area (Å²) >= 11 is 0. The number of carbonyl (C=O) groups is 1.